The molecule has 0 radical (unpaired) electrons. The first-order chi connectivity index (χ1) is 20.7. The van der Waals surface area contributed by atoms with Crippen molar-refractivity contribution in [2.75, 3.05) is 5.75 Å². The number of hydrogen-bond donors (Lipinski definition) is 0. The minimum absolute atomic E-state index is 0.0762. The molecule has 0 spiro atoms. The van der Waals surface area contributed by atoms with E-state index in [1.807, 2.05) is 0 Å². The molecule has 1 aliphatic carbocycles. The van der Waals surface area contributed by atoms with Crippen LogP contribution in [0.4, 0.5) is 0 Å². The predicted molar refractivity (Wildman–Crippen MR) is 188 cm³/mol. The third-order valence-electron chi connectivity index (χ3n) is 8.55. The molecular weight excluding hydrogens is 525 g/mol. The van der Waals surface area contributed by atoms with Gasteiger partial charge in [0.05, 0.1) is 10.9 Å². The summed E-state index contributed by atoms with van der Waals surface area (Å²) in [6.45, 7) is 6.83. The van der Waals surface area contributed by atoms with Gasteiger partial charge in [-0.15, -0.1) is 0 Å². The molecule has 0 aliphatic heterocycles. The maximum atomic E-state index is 2.45. The molecule has 1 saturated carbocycles. The molecule has 0 saturated heterocycles. The molecule has 5 aromatic carbocycles. The van der Waals surface area contributed by atoms with E-state index in [2.05, 4.69) is 136 Å². The third-order valence-corrected chi connectivity index (χ3v) is 10.8. The van der Waals surface area contributed by atoms with E-state index in [0.29, 0.717) is 0 Å². The lowest BCUT2D eigenvalue weighted by molar-refractivity contribution is 0.385. The lowest BCUT2D eigenvalue weighted by Gasteiger charge is -2.15. The normalized spacial score (nSPS) is 15.5. The van der Waals surface area contributed by atoms with E-state index >= 15 is 0 Å². The summed E-state index contributed by atoms with van der Waals surface area (Å²) in [7, 11) is -0.0762. The number of benzene rings is 5. The second-order valence-corrected chi connectivity index (χ2v) is 13.8. The van der Waals surface area contributed by atoms with Gasteiger partial charge in [-0.2, -0.15) is 0 Å². The molecule has 1 atom stereocenters. The fourth-order valence-corrected chi connectivity index (χ4v) is 8.40. The average molecular weight is 572 g/mol. The first kappa shape index (κ1) is 30.2. The molecule has 0 nitrogen and oxygen atoms in total. The van der Waals surface area contributed by atoms with Gasteiger partial charge in [0, 0.05) is 11.5 Å². The summed E-state index contributed by atoms with van der Waals surface area (Å²) in [5.41, 5.74) is 1.46. The van der Waals surface area contributed by atoms with E-state index in [4.69, 9.17) is 0 Å². The van der Waals surface area contributed by atoms with Gasteiger partial charge < -0.3 is 0 Å². The van der Waals surface area contributed by atoms with Crippen molar-refractivity contribution in [2.45, 2.75) is 81.9 Å². The number of rotatable bonds is 7. The summed E-state index contributed by atoms with van der Waals surface area (Å²) in [4.78, 5) is 2.86. The van der Waals surface area contributed by atoms with Gasteiger partial charge in [-0.05, 0) is 81.3 Å². The second-order valence-electron chi connectivity index (χ2n) is 11.8. The molecule has 0 amide bonds. The van der Waals surface area contributed by atoms with Gasteiger partial charge in [-0.3, -0.25) is 0 Å². The van der Waals surface area contributed by atoms with Gasteiger partial charge in [0.25, 0.3) is 0 Å². The fraction of sp³-hybridized carbons (Fsp3) is 0.317. The summed E-state index contributed by atoms with van der Waals surface area (Å²) < 4.78 is 0. The van der Waals surface area contributed by atoms with E-state index < -0.39 is 0 Å². The Hall–Kier alpha value is -3.29. The van der Waals surface area contributed by atoms with Gasteiger partial charge in [0.1, 0.15) is 5.75 Å². The molecule has 1 fully saturated rings. The number of fused-ring (bicyclic) bond motifs is 2. The summed E-state index contributed by atoms with van der Waals surface area (Å²) in [6, 6.07) is 38.3. The summed E-state index contributed by atoms with van der Waals surface area (Å²) in [6.07, 6.45) is 15.6. The van der Waals surface area contributed by atoms with Gasteiger partial charge in [0.15, 0.2) is 9.79 Å². The van der Waals surface area contributed by atoms with Crippen molar-refractivity contribution in [1.82, 2.24) is 0 Å². The lowest BCUT2D eigenvalue weighted by atomic mass is 9.91. The Labute approximate surface area is 256 Å². The van der Waals surface area contributed by atoms with Crippen molar-refractivity contribution in [3.63, 3.8) is 0 Å². The van der Waals surface area contributed by atoms with Crippen LogP contribution in [0.1, 0.15) is 71.3 Å². The molecule has 216 valence electrons. The van der Waals surface area contributed by atoms with Gasteiger partial charge in [0.2, 0.25) is 0 Å². The monoisotopic (exact) mass is 571 g/mol. The standard InChI is InChI=1S/C34H33S.C7H14/c1-3-11-26-13-5-6-15-28(26)23-24-35(31-21-19-27-14-7-8-16-30(27)25-31)34-22-20-29(12-4-2)32-17-9-10-18-33(32)34;1-7-5-3-2-4-6-7/h5-11,13-23,25H,3-4,12,24H2,1-2H3;7H,2-6H2,1H3/q+1;/b26-11-,28-23-;. The molecular formula is C41H47S+. The van der Waals surface area contributed by atoms with Crippen molar-refractivity contribution in [3.8, 4) is 0 Å². The van der Waals surface area contributed by atoms with E-state index in [-0.39, 0.29) is 10.9 Å². The maximum Gasteiger partial charge on any atom is 0.168 e. The molecule has 0 bridgehead atoms. The Bertz CT molecular complexity index is 1710. The molecule has 6 rings (SSSR count). The highest BCUT2D eigenvalue weighted by atomic mass is 32.2. The van der Waals surface area contributed by atoms with Crippen LogP contribution in [-0.4, -0.2) is 5.75 Å². The smallest absolute Gasteiger partial charge is 0.0769 e. The Morgan fingerprint density at radius 1 is 0.667 bits per heavy atom. The predicted octanol–water partition coefficient (Wildman–Crippen LogP) is 10.2. The Morgan fingerprint density at radius 2 is 1.33 bits per heavy atom. The zero-order valence-corrected chi connectivity index (χ0v) is 26.6. The van der Waals surface area contributed by atoms with Crippen molar-refractivity contribution in [3.05, 3.63) is 119 Å². The largest absolute Gasteiger partial charge is 0.168 e. The summed E-state index contributed by atoms with van der Waals surface area (Å²) in [5, 5.41) is 8.09. The second kappa shape index (κ2) is 15.3. The zero-order chi connectivity index (χ0) is 29.1. The molecule has 0 aromatic heterocycles. The minimum atomic E-state index is -0.0762. The topological polar surface area (TPSA) is 0 Å². The first-order valence-electron chi connectivity index (χ1n) is 16.1. The quantitative estimate of drug-likeness (QED) is 0.170. The summed E-state index contributed by atoms with van der Waals surface area (Å²) in [5.74, 6) is 2.03. The van der Waals surface area contributed by atoms with Gasteiger partial charge >= 0.3 is 0 Å². The van der Waals surface area contributed by atoms with Crippen LogP contribution in [0.5, 0.6) is 0 Å². The Morgan fingerprint density at radius 3 is 2.02 bits per heavy atom. The molecule has 1 heteroatoms. The zero-order valence-electron chi connectivity index (χ0n) is 25.8. The molecule has 0 heterocycles. The van der Waals surface area contributed by atoms with Crippen molar-refractivity contribution in [1.29, 1.82) is 0 Å². The van der Waals surface area contributed by atoms with Gasteiger partial charge in [-0.1, -0.05) is 138 Å². The molecule has 1 unspecified atom stereocenters. The van der Waals surface area contributed by atoms with Gasteiger partial charge in [-0.25, -0.2) is 0 Å². The Kier molecular flexibility index (Phi) is 11.0. The average Bonchev–Trinajstić information content (AvgIpc) is 3.03. The minimum Gasteiger partial charge on any atom is -0.0769 e. The number of hydrogen-bond acceptors (Lipinski definition) is 0. The van der Waals surface area contributed by atoms with Crippen LogP contribution >= 0.6 is 0 Å². The lowest BCUT2D eigenvalue weighted by Crippen LogP contribution is -2.25. The first-order valence-corrected chi connectivity index (χ1v) is 17.5. The van der Waals surface area contributed by atoms with Crippen LogP contribution in [0.15, 0.2) is 113 Å². The highest BCUT2D eigenvalue weighted by molar-refractivity contribution is 7.97. The highest BCUT2D eigenvalue weighted by Crippen LogP contribution is 2.34. The van der Waals surface area contributed by atoms with Crippen LogP contribution in [0, 0.1) is 5.92 Å². The third kappa shape index (κ3) is 7.56. The van der Waals surface area contributed by atoms with Crippen LogP contribution in [0.3, 0.4) is 0 Å². The van der Waals surface area contributed by atoms with E-state index in [9.17, 15) is 0 Å². The highest BCUT2D eigenvalue weighted by Gasteiger charge is 2.27. The van der Waals surface area contributed by atoms with Crippen molar-refractivity contribution in [2.24, 2.45) is 5.92 Å². The van der Waals surface area contributed by atoms with Crippen LogP contribution in [0.25, 0.3) is 33.7 Å². The van der Waals surface area contributed by atoms with E-state index in [0.717, 1.165) is 30.9 Å². The van der Waals surface area contributed by atoms with Crippen LogP contribution < -0.4 is 10.4 Å². The summed E-state index contributed by atoms with van der Waals surface area (Å²) >= 11 is 0. The van der Waals surface area contributed by atoms with Crippen molar-refractivity contribution >= 4 is 44.6 Å². The van der Waals surface area contributed by atoms with Crippen LogP contribution in [0.2, 0.25) is 0 Å². The van der Waals surface area contributed by atoms with Crippen LogP contribution in [-0.2, 0) is 17.3 Å². The SMILES string of the molecule is CC/C=c1/cccc/c1=C/C[S+](c1ccc2ccccc2c1)c1ccc(CCC)c2ccccc12.CC1CCCCC1. The molecule has 42 heavy (non-hydrogen) atoms. The van der Waals surface area contributed by atoms with E-state index in [1.54, 1.807) is 0 Å². The van der Waals surface area contributed by atoms with Crippen molar-refractivity contribution < 1.29 is 0 Å². The number of aryl methyl sites for hydroxylation is 1. The molecule has 5 aromatic rings. The maximum absolute atomic E-state index is 2.45. The van der Waals surface area contributed by atoms with E-state index in [1.165, 1.54) is 79.4 Å². The Balaban J connectivity index is 0.000000442. The molecule has 1 aliphatic rings. The fourth-order valence-electron chi connectivity index (χ4n) is 6.25. The molecule has 0 N–H and O–H groups in total.